The summed E-state index contributed by atoms with van der Waals surface area (Å²) in [7, 11) is 0. The number of nitrogens with zero attached hydrogens (tertiary/aromatic N) is 4. The number of aromatic amines is 1. The fraction of sp³-hybridized carbons (Fsp3) is 0.545. The molecule has 8 nitrogen and oxygen atoms in total. The van der Waals surface area contributed by atoms with Crippen LogP contribution in [0.2, 0.25) is 0 Å². The number of benzene rings is 1. The highest BCUT2D eigenvalue weighted by Crippen LogP contribution is 2.55. The zero-order valence-electron chi connectivity index (χ0n) is 17.1. The van der Waals surface area contributed by atoms with Gasteiger partial charge in [-0.3, -0.25) is 9.89 Å². The molecule has 3 heterocycles. The van der Waals surface area contributed by atoms with Crippen molar-refractivity contribution in [3.05, 3.63) is 35.9 Å². The third-order valence-corrected chi connectivity index (χ3v) is 7.26. The number of likely N-dealkylation sites (tertiary alicyclic amines) is 1. The molecule has 0 radical (unpaired) electrons. The van der Waals surface area contributed by atoms with Crippen LogP contribution in [-0.2, 0) is 4.79 Å². The third-order valence-electron chi connectivity index (χ3n) is 7.26. The highest BCUT2D eigenvalue weighted by atomic mass is 16.4. The van der Waals surface area contributed by atoms with Gasteiger partial charge in [0.1, 0.15) is 6.04 Å². The fourth-order valence-electron chi connectivity index (χ4n) is 4.95. The minimum Gasteiger partial charge on any atom is -0.408 e. The number of para-hydroxylation sites is 1. The van der Waals surface area contributed by atoms with Crippen LogP contribution < -0.4 is 5.32 Å². The van der Waals surface area contributed by atoms with E-state index < -0.39 is 0 Å². The molecule has 30 heavy (non-hydrogen) atoms. The number of anilines is 1. The molecule has 1 aliphatic heterocycles. The largest absolute Gasteiger partial charge is 0.408 e. The zero-order chi connectivity index (χ0) is 20.3. The molecular weight excluding hydrogens is 380 g/mol. The van der Waals surface area contributed by atoms with Crippen LogP contribution in [0.25, 0.3) is 10.9 Å². The first kappa shape index (κ1) is 17.9. The number of H-pyrrole nitrogens is 1. The normalized spacial score (nSPS) is 25.4. The lowest BCUT2D eigenvalue weighted by Gasteiger charge is -2.33. The molecule has 2 aliphatic carbocycles. The molecule has 156 valence electrons. The van der Waals surface area contributed by atoms with Crippen molar-refractivity contribution in [3.8, 4) is 0 Å². The van der Waals surface area contributed by atoms with Crippen molar-refractivity contribution in [2.24, 2.45) is 5.41 Å². The summed E-state index contributed by atoms with van der Waals surface area (Å²) in [6.45, 7) is 3.60. The molecule has 3 fully saturated rings. The number of rotatable bonds is 5. The maximum Gasteiger partial charge on any atom is 0.316 e. The molecule has 1 saturated heterocycles. The molecule has 2 saturated carbocycles. The zero-order valence-corrected chi connectivity index (χ0v) is 17.1. The number of aromatic nitrogens is 4. The molecule has 1 spiro atoms. The van der Waals surface area contributed by atoms with Crippen molar-refractivity contribution in [3.63, 3.8) is 0 Å². The summed E-state index contributed by atoms with van der Waals surface area (Å²) < 4.78 is 5.87. The van der Waals surface area contributed by atoms with E-state index in [4.69, 9.17) is 4.42 Å². The summed E-state index contributed by atoms with van der Waals surface area (Å²) in [4.78, 5) is 14.8. The molecule has 3 aromatic rings. The van der Waals surface area contributed by atoms with Gasteiger partial charge in [0.2, 0.25) is 11.8 Å². The van der Waals surface area contributed by atoms with Crippen LogP contribution in [0, 0.1) is 5.41 Å². The molecule has 0 bridgehead atoms. The van der Waals surface area contributed by atoms with Crippen LogP contribution >= 0.6 is 0 Å². The standard InChI is InChI=1S/C22H26N6O2/c1-13(20(29)28-9-7-22(5-6-22)8-10-28)24-21-27-26-19(30-21)17-11-16(17)15-4-2-3-14-12-23-25-18(14)15/h2-4,12-13,16-17H,5-11H2,1H3,(H,23,25)(H,24,27)/t13-,16+,17-/m0/s1. The summed E-state index contributed by atoms with van der Waals surface area (Å²) in [6.07, 6.45) is 7.78. The Kier molecular flexibility index (Phi) is 3.91. The van der Waals surface area contributed by atoms with Crippen molar-refractivity contribution in [2.45, 2.75) is 56.9 Å². The number of nitrogens with one attached hydrogen (secondary N) is 2. The highest BCUT2D eigenvalue weighted by molar-refractivity contribution is 5.84. The minimum atomic E-state index is -0.375. The first-order valence-electron chi connectivity index (χ1n) is 10.9. The molecule has 1 amide bonds. The van der Waals surface area contributed by atoms with Crippen LogP contribution in [0.1, 0.15) is 62.3 Å². The second-order valence-electron chi connectivity index (χ2n) is 9.27. The summed E-state index contributed by atoms with van der Waals surface area (Å²) >= 11 is 0. The van der Waals surface area contributed by atoms with Crippen LogP contribution in [0.15, 0.2) is 28.8 Å². The topological polar surface area (TPSA) is 99.9 Å². The van der Waals surface area contributed by atoms with Crippen molar-refractivity contribution in [1.29, 1.82) is 0 Å². The van der Waals surface area contributed by atoms with Crippen molar-refractivity contribution in [2.75, 3.05) is 18.4 Å². The molecular formula is C22H26N6O2. The lowest BCUT2D eigenvalue weighted by molar-refractivity contribution is -0.133. The average molecular weight is 406 g/mol. The van der Waals surface area contributed by atoms with E-state index >= 15 is 0 Å². The molecule has 1 aromatic carbocycles. The molecule has 2 N–H and O–H groups in total. The van der Waals surface area contributed by atoms with Gasteiger partial charge in [0.25, 0.3) is 0 Å². The van der Waals surface area contributed by atoms with E-state index in [1.165, 1.54) is 18.4 Å². The summed E-state index contributed by atoms with van der Waals surface area (Å²) in [5.41, 5.74) is 2.89. The predicted molar refractivity (Wildman–Crippen MR) is 111 cm³/mol. The summed E-state index contributed by atoms with van der Waals surface area (Å²) in [5, 5.41) is 19.9. The second-order valence-corrected chi connectivity index (χ2v) is 9.27. The van der Waals surface area contributed by atoms with Gasteiger partial charge >= 0.3 is 6.01 Å². The molecule has 8 heteroatoms. The Balaban J connectivity index is 1.09. The van der Waals surface area contributed by atoms with E-state index in [2.05, 4.69) is 43.9 Å². The van der Waals surface area contributed by atoms with Gasteiger partial charge in [-0.25, -0.2) is 0 Å². The van der Waals surface area contributed by atoms with Gasteiger partial charge < -0.3 is 14.6 Å². The monoisotopic (exact) mass is 406 g/mol. The molecule has 2 aromatic heterocycles. The second kappa shape index (κ2) is 6.55. The van der Waals surface area contributed by atoms with Crippen molar-refractivity contribution >= 4 is 22.8 Å². The minimum absolute atomic E-state index is 0.112. The number of carbonyl (C=O) groups excluding carboxylic acids is 1. The number of fused-ring (bicyclic) bond motifs is 1. The Bertz CT molecular complexity index is 1090. The SMILES string of the molecule is C[C@H](Nc1nnc([C@H]2C[C@@H]2c2cccc3cn[nH]c23)o1)C(=O)N1CCC2(CC1)CC2. The Morgan fingerprint density at radius 3 is 2.87 bits per heavy atom. The number of carbonyl (C=O) groups is 1. The van der Waals surface area contributed by atoms with Gasteiger partial charge in [-0.1, -0.05) is 23.3 Å². The van der Waals surface area contributed by atoms with Crippen LogP contribution in [0.5, 0.6) is 0 Å². The molecule has 3 atom stereocenters. The first-order chi connectivity index (χ1) is 14.6. The van der Waals surface area contributed by atoms with Crippen LogP contribution in [-0.4, -0.2) is 50.3 Å². The molecule has 6 rings (SSSR count). The average Bonchev–Trinajstić information content (AvgIpc) is 3.60. The summed E-state index contributed by atoms with van der Waals surface area (Å²) in [6, 6.07) is 6.19. The van der Waals surface area contributed by atoms with E-state index in [0.29, 0.717) is 23.2 Å². The van der Waals surface area contributed by atoms with E-state index in [-0.39, 0.29) is 17.9 Å². The van der Waals surface area contributed by atoms with Gasteiger partial charge in [-0.15, -0.1) is 5.10 Å². The lowest BCUT2D eigenvalue weighted by atomic mass is 9.93. The Labute approximate surface area is 174 Å². The van der Waals surface area contributed by atoms with Gasteiger partial charge in [-0.2, -0.15) is 5.10 Å². The predicted octanol–water partition coefficient (Wildman–Crippen LogP) is 3.42. The fourth-order valence-corrected chi connectivity index (χ4v) is 4.95. The quantitative estimate of drug-likeness (QED) is 0.673. The smallest absolute Gasteiger partial charge is 0.316 e. The Hall–Kier alpha value is -2.90. The van der Waals surface area contributed by atoms with E-state index in [1.54, 1.807) is 0 Å². The molecule has 0 unspecified atom stereocenters. The van der Waals surface area contributed by atoms with E-state index in [1.807, 2.05) is 18.0 Å². The van der Waals surface area contributed by atoms with Crippen LogP contribution in [0.3, 0.4) is 0 Å². The van der Waals surface area contributed by atoms with Gasteiger partial charge in [0.05, 0.1) is 11.7 Å². The maximum absolute atomic E-state index is 12.8. The first-order valence-corrected chi connectivity index (χ1v) is 10.9. The number of piperidine rings is 1. The lowest BCUT2D eigenvalue weighted by Crippen LogP contribution is -2.45. The molecule has 3 aliphatic rings. The number of hydrogen-bond donors (Lipinski definition) is 2. The maximum atomic E-state index is 12.8. The van der Waals surface area contributed by atoms with Crippen molar-refractivity contribution in [1.82, 2.24) is 25.3 Å². The number of hydrogen-bond acceptors (Lipinski definition) is 6. The summed E-state index contributed by atoms with van der Waals surface area (Å²) in [5.74, 6) is 1.31. The van der Waals surface area contributed by atoms with Crippen LogP contribution in [0.4, 0.5) is 6.01 Å². The Morgan fingerprint density at radius 2 is 2.07 bits per heavy atom. The van der Waals surface area contributed by atoms with Gasteiger partial charge in [-0.05, 0) is 55.9 Å². The third kappa shape index (κ3) is 3.05. The van der Waals surface area contributed by atoms with Gasteiger partial charge in [0, 0.05) is 24.4 Å². The number of amides is 1. The Morgan fingerprint density at radius 1 is 1.23 bits per heavy atom. The van der Waals surface area contributed by atoms with Gasteiger partial charge in [0.15, 0.2) is 0 Å². The van der Waals surface area contributed by atoms with Crippen molar-refractivity contribution < 1.29 is 9.21 Å². The van der Waals surface area contributed by atoms with E-state index in [9.17, 15) is 4.79 Å². The highest BCUT2D eigenvalue weighted by Gasteiger charge is 2.46. The van der Waals surface area contributed by atoms with E-state index in [0.717, 1.165) is 43.3 Å².